The highest BCUT2D eigenvalue weighted by Gasteiger charge is 2.06. The van der Waals surface area contributed by atoms with E-state index in [1.54, 1.807) is 6.20 Å². The van der Waals surface area contributed by atoms with E-state index in [0.29, 0.717) is 11.4 Å². The van der Waals surface area contributed by atoms with Gasteiger partial charge in [0.15, 0.2) is 0 Å². The van der Waals surface area contributed by atoms with Crippen molar-refractivity contribution in [2.75, 3.05) is 10.6 Å². The highest BCUT2D eigenvalue weighted by atomic mass is 19.1. The van der Waals surface area contributed by atoms with Gasteiger partial charge in [-0.15, -0.1) is 0 Å². The zero-order valence-electron chi connectivity index (χ0n) is 13.9. The first-order chi connectivity index (χ1) is 12.5. The Balaban J connectivity index is 1.71. The quantitative estimate of drug-likeness (QED) is 0.707. The number of fused-ring (bicyclic) bond motifs is 1. The second-order valence-electron chi connectivity index (χ2n) is 5.48. The number of nitrogens with zero attached hydrogens (tertiary/aromatic N) is 2. The third-order valence-corrected chi connectivity index (χ3v) is 3.42. The van der Waals surface area contributed by atoms with Gasteiger partial charge in [-0.3, -0.25) is 14.6 Å². The average molecular weight is 350 g/mol. The summed E-state index contributed by atoms with van der Waals surface area (Å²) in [5.41, 5.74) is 2.39. The van der Waals surface area contributed by atoms with Crippen LogP contribution >= 0.6 is 0 Å². The van der Waals surface area contributed by atoms with E-state index in [-0.39, 0.29) is 5.69 Å². The van der Waals surface area contributed by atoms with Gasteiger partial charge in [-0.25, -0.2) is 9.37 Å². The van der Waals surface area contributed by atoms with Crippen LogP contribution in [0.4, 0.5) is 15.8 Å². The standard InChI is InChI=1S/C19H15FN4O2/c1-12(25)22-18-10-13(6-8-15(18)20)24-19(26)9-7-14-11-21-16-4-2-3-5-17(16)23-14/h2-11H,1H3,(H,22,25)(H,24,26)/b9-7+. The average Bonchev–Trinajstić information content (AvgIpc) is 2.62. The molecule has 0 fully saturated rings. The van der Waals surface area contributed by atoms with Crippen LogP contribution in [0, 0.1) is 5.82 Å². The Labute approximate surface area is 148 Å². The number of nitrogens with one attached hydrogen (secondary N) is 2. The molecule has 0 spiro atoms. The Morgan fingerprint density at radius 2 is 1.85 bits per heavy atom. The first kappa shape index (κ1) is 17.2. The summed E-state index contributed by atoms with van der Waals surface area (Å²) >= 11 is 0. The topological polar surface area (TPSA) is 84.0 Å². The van der Waals surface area contributed by atoms with E-state index in [0.717, 1.165) is 11.0 Å². The molecule has 0 unspecified atom stereocenters. The van der Waals surface area contributed by atoms with Gasteiger partial charge in [-0.05, 0) is 36.4 Å². The molecular formula is C19H15FN4O2. The zero-order chi connectivity index (χ0) is 18.5. The largest absolute Gasteiger partial charge is 0.324 e. The molecule has 1 aromatic heterocycles. The monoisotopic (exact) mass is 350 g/mol. The van der Waals surface area contributed by atoms with E-state index < -0.39 is 17.6 Å². The number of hydrogen-bond donors (Lipinski definition) is 2. The van der Waals surface area contributed by atoms with Gasteiger partial charge >= 0.3 is 0 Å². The maximum absolute atomic E-state index is 13.6. The molecule has 0 aliphatic heterocycles. The van der Waals surface area contributed by atoms with Crippen LogP contribution in [-0.4, -0.2) is 21.8 Å². The van der Waals surface area contributed by atoms with Crippen molar-refractivity contribution in [2.45, 2.75) is 6.92 Å². The van der Waals surface area contributed by atoms with Crippen molar-refractivity contribution in [1.29, 1.82) is 0 Å². The van der Waals surface area contributed by atoms with E-state index in [4.69, 9.17) is 0 Å². The molecule has 0 aliphatic carbocycles. The lowest BCUT2D eigenvalue weighted by molar-refractivity contribution is -0.114. The Kier molecular flexibility index (Phi) is 4.98. The van der Waals surface area contributed by atoms with Gasteiger partial charge in [0.25, 0.3) is 0 Å². The van der Waals surface area contributed by atoms with Gasteiger partial charge in [-0.1, -0.05) is 12.1 Å². The predicted octanol–water partition coefficient (Wildman–Crippen LogP) is 3.38. The molecule has 6 nitrogen and oxygen atoms in total. The van der Waals surface area contributed by atoms with Crippen LogP contribution in [0.15, 0.2) is 54.7 Å². The van der Waals surface area contributed by atoms with Crippen LogP contribution in [0.1, 0.15) is 12.6 Å². The van der Waals surface area contributed by atoms with E-state index in [9.17, 15) is 14.0 Å². The smallest absolute Gasteiger partial charge is 0.248 e. The molecule has 3 rings (SSSR count). The van der Waals surface area contributed by atoms with Crippen molar-refractivity contribution in [1.82, 2.24) is 9.97 Å². The molecule has 0 saturated heterocycles. The van der Waals surface area contributed by atoms with Crippen LogP contribution in [0.25, 0.3) is 17.1 Å². The molecule has 0 radical (unpaired) electrons. The summed E-state index contributed by atoms with van der Waals surface area (Å²) in [6.07, 6.45) is 4.41. The highest BCUT2D eigenvalue weighted by Crippen LogP contribution is 2.19. The molecular weight excluding hydrogens is 335 g/mol. The van der Waals surface area contributed by atoms with Crippen LogP contribution in [0.2, 0.25) is 0 Å². The number of halogens is 1. The Bertz CT molecular complexity index is 1020. The molecule has 0 saturated carbocycles. The maximum Gasteiger partial charge on any atom is 0.248 e. The van der Waals surface area contributed by atoms with Gasteiger partial charge in [0.1, 0.15) is 5.82 Å². The van der Waals surface area contributed by atoms with Gasteiger partial charge in [0, 0.05) is 18.7 Å². The lowest BCUT2D eigenvalue weighted by Crippen LogP contribution is -2.11. The minimum absolute atomic E-state index is 0.000301. The van der Waals surface area contributed by atoms with Crippen molar-refractivity contribution in [3.8, 4) is 0 Å². The van der Waals surface area contributed by atoms with E-state index in [1.165, 1.54) is 37.3 Å². The second-order valence-corrected chi connectivity index (χ2v) is 5.48. The molecule has 3 aromatic rings. The van der Waals surface area contributed by atoms with Crippen LogP contribution in [0.3, 0.4) is 0 Å². The summed E-state index contributed by atoms with van der Waals surface area (Å²) in [6, 6.07) is 11.3. The molecule has 2 amide bonds. The van der Waals surface area contributed by atoms with Crippen LogP contribution in [-0.2, 0) is 9.59 Å². The first-order valence-corrected chi connectivity index (χ1v) is 7.79. The summed E-state index contributed by atoms with van der Waals surface area (Å²) in [5.74, 6) is -1.40. The first-order valence-electron chi connectivity index (χ1n) is 7.79. The predicted molar refractivity (Wildman–Crippen MR) is 97.9 cm³/mol. The van der Waals surface area contributed by atoms with Crippen molar-refractivity contribution in [3.05, 3.63) is 66.2 Å². The van der Waals surface area contributed by atoms with Crippen molar-refractivity contribution >= 4 is 40.3 Å². The number of benzene rings is 2. The van der Waals surface area contributed by atoms with Crippen molar-refractivity contribution < 1.29 is 14.0 Å². The van der Waals surface area contributed by atoms with Gasteiger partial charge in [0.2, 0.25) is 11.8 Å². The number of anilines is 2. The summed E-state index contributed by atoms with van der Waals surface area (Å²) < 4.78 is 13.6. The molecule has 0 aliphatic rings. The Morgan fingerprint density at radius 1 is 1.08 bits per heavy atom. The summed E-state index contributed by atoms with van der Waals surface area (Å²) in [4.78, 5) is 31.8. The number of para-hydroxylation sites is 2. The summed E-state index contributed by atoms with van der Waals surface area (Å²) in [7, 11) is 0. The summed E-state index contributed by atoms with van der Waals surface area (Å²) in [5, 5.41) is 4.96. The number of amides is 2. The minimum Gasteiger partial charge on any atom is -0.324 e. The van der Waals surface area contributed by atoms with E-state index in [2.05, 4.69) is 20.6 Å². The normalized spacial score (nSPS) is 10.8. The third kappa shape index (κ3) is 4.27. The fourth-order valence-electron chi connectivity index (χ4n) is 2.29. The fourth-order valence-corrected chi connectivity index (χ4v) is 2.29. The number of carbonyl (C=O) groups is 2. The lowest BCUT2D eigenvalue weighted by Gasteiger charge is -2.07. The molecule has 2 N–H and O–H groups in total. The SMILES string of the molecule is CC(=O)Nc1cc(NC(=O)/C=C/c2cnc3ccccc3n2)ccc1F. The van der Waals surface area contributed by atoms with E-state index >= 15 is 0 Å². The lowest BCUT2D eigenvalue weighted by atomic mass is 10.2. The number of aromatic nitrogens is 2. The molecule has 2 aromatic carbocycles. The van der Waals surface area contributed by atoms with Crippen LogP contribution < -0.4 is 10.6 Å². The maximum atomic E-state index is 13.6. The Morgan fingerprint density at radius 3 is 2.62 bits per heavy atom. The number of hydrogen-bond acceptors (Lipinski definition) is 4. The fraction of sp³-hybridized carbons (Fsp3) is 0.0526. The molecule has 130 valence electrons. The minimum atomic E-state index is -0.583. The van der Waals surface area contributed by atoms with Crippen molar-refractivity contribution in [3.63, 3.8) is 0 Å². The molecule has 26 heavy (non-hydrogen) atoms. The third-order valence-electron chi connectivity index (χ3n) is 3.42. The number of rotatable bonds is 4. The molecule has 7 heteroatoms. The van der Waals surface area contributed by atoms with Crippen LogP contribution in [0.5, 0.6) is 0 Å². The molecule has 1 heterocycles. The summed E-state index contributed by atoms with van der Waals surface area (Å²) in [6.45, 7) is 1.28. The molecule has 0 atom stereocenters. The Hall–Kier alpha value is -3.61. The zero-order valence-corrected chi connectivity index (χ0v) is 13.9. The van der Waals surface area contributed by atoms with Crippen molar-refractivity contribution in [2.24, 2.45) is 0 Å². The van der Waals surface area contributed by atoms with E-state index in [1.807, 2.05) is 24.3 Å². The van der Waals surface area contributed by atoms with Gasteiger partial charge in [0.05, 0.1) is 28.6 Å². The van der Waals surface area contributed by atoms with Gasteiger partial charge in [-0.2, -0.15) is 0 Å². The second kappa shape index (κ2) is 7.52. The highest BCUT2D eigenvalue weighted by molar-refractivity contribution is 6.02. The molecule has 0 bridgehead atoms. The number of carbonyl (C=O) groups excluding carboxylic acids is 2. The van der Waals surface area contributed by atoms with Gasteiger partial charge < -0.3 is 10.6 Å².